The van der Waals surface area contributed by atoms with Crippen LogP contribution in [0.1, 0.15) is 17.3 Å². The Balaban J connectivity index is 2.24. The van der Waals surface area contributed by atoms with E-state index in [2.05, 4.69) is 10.3 Å². The van der Waals surface area contributed by atoms with E-state index < -0.39 is 0 Å². The van der Waals surface area contributed by atoms with Crippen LogP contribution in [0.5, 0.6) is 0 Å². The fourth-order valence-corrected chi connectivity index (χ4v) is 2.15. The minimum atomic E-state index is -0.0356. The highest BCUT2D eigenvalue weighted by molar-refractivity contribution is 6.29. The molecule has 1 aliphatic rings. The summed E-state index contributed by atoms with van der Waals surface area (Å²) >= 11 is 5.90. The Morgan fingerprint density at radius 1 is 1.61 bits per heavy atom. The number of nitrogens with one attached hydrogen (secondary N) is 1. The molecular formula is C12H16ClN3O2. The van der Waals surface area contributed by atoms with E-state index in [-0.39, 0.29) is 11.9 Å². The van der Waals surface area contributed by atoms with Crippen LogP contribution >= 0.6 is 11.6 Å². The van der Waals surface area contributed by atoms with Gasteiger partial charge in [0.25, 0.3) is 5.91 Å². The summed E-state index contributed by atoms with van der Waals surface area (Å²) in [6, 6.07) is 3.37. The van der Waals surface area contributed by atoms with Gasteiger partial charge in [-0.1, -0.05) is 11.6 Å². The zero-order valence-corrected chi connectivity index (χ0v) is 11.2. The van der Waals surface area contributed by atoms with E-state index in [1.165, 1.54) is 0 Å². The summed E-state index contributed by atoms with van der Waals surface area (Å²) in [4.78, 5) is 18.2. The van der Waals surface area contributed by atoms with E-state index in [9.17, 15) is 4.79 Å². The van der Waals surface area contributed by atoms with E-state index in [0.717, 1.165) is 0 Å². The molecule has 1 amide bonds. The highest BCUT2D eigenvalue weighted by atomic mass is 35.5. The van der Waals surface area contributed by atoms with Gasteiger partial charge in [0.05, 0.1) is 19.3 Å². The summed E-state index contributed by atoms with van der Waals surface area (Å²) in [5, 5.41) is 3.20. The first kappa shape index (κ1) is 13.1. The van der Waals surface area contributed by atoms with Gasteiger partial charge in [0.2, 0.25) is 0 Å². The average molecular weight is 270 g/mol. The Hall–Kier alpha value is -1.33. The van der Waals surface area contributed by atoms with Crippen molar-refractivity contribution in [2.24, 2.45) is 0 Å². The zero-order valence-electron chi connectivity index (χ0n) is 10.4. The third kappa shape index (κ3) is 2.73. The molecule has 1 aromatic heterocycles. The van der Waals surface area contributed by atoms with Gasteiger partial charge in [0.15, 0.2) is 0 Å². The van der Waals surface area contributed by atoms with Gasteiger partial charge in [0, 0.05) is 19.2 Å². The smallest absolute Gasteiger partial charge is 0.254 e. The second-order valence-electron chi connectivity index (χ2n) is 4.24. The number of hydrogen-bond donors (Lipinski definition) is 1. The second kappa shape index (κ2) is 5.54. The number of rotatable bonds is 2. The number of carbonyl (C=O) groups is 1. The van der Waals surface area contributed by atoms with Crippen LogP contribution in [-0.2, 0) is 4.74 Å². The quantitative estimate of drug-likeness (QED) is 0.830. The van der Waals surface area contributed by atoms with Crippen molar-refractivity contribution in [3.63, 3.8) is 0 Å². The Kier molecular flexibility index (Phi) is 4.04. The molecule has 2 rings (SSSR count). The lowest BCUT2D eigenvalue weighted by Gasteiger charge is -2.33. The predicted molar refractivity (Wildman–Crippen MR) is 70.1 cm³/mol. The fourth-order valence-electron chi connectivity index (χ4n) is 1.94. The summed E-state index contributed by atoms with van der Waals surface area (Å²) in [5.74, 6) is 0.554. The van der Waals surface area contributed by atoms with Gasteiger partial charge < -0.3 is 15.0 Å². The van der Waals surface area contributed by atoms with Crippen molar-refractivity contribution >= 4 is 23.3 Å². The van der Waals surface area contributed by atoms with Crippen LogP contribution in [0, 0.1) is 0 Å². The molecule has 0 aliphatic carbocycles. The van der Waals surface area contributed by atoms with Crippen molar-refractivity contribution in [1.82, 2.24) is 9.88 Å². The third-order valence-electron chi connectivity index (χ3n) is 2.93. The summed E-state index contributed by atoms with van der Waals surface area (Å²) < 4.78 is 5.32. The molecule has 1 atom stereocenters. The van der Waals surface area contributed by atoms with E-state index in [1.54, 1.807) is 24.1 Å². The molecule has 0 aromatic carbocycles. The highest BCUT2D eigenvalue weighted by Gasteiger charge is 2.25. The van der Waals surface area contributed by atoms with Crippen molar-refractivity contribution in [2.45, 2.75) is 13.0 Å². The molecule has 1 unspecified atom stereocenters. The molecule has 1 fully saturated rings. The molecule has 0 bridgehead atoms. The van der Waals surface area contributed by atoms with Crippen molar-refractivity contribution < 1.29 is 9.53 Å². The van der Waals surface area contributed by atoms with Crippen LogP contribution in [0.2, 0.25) is 5.15 Å². The molecule has 0 saturated carbocycles. The lowest BCUT2D eigenvalue weighted by atomic mass is 10.2. The maximum absolute atomic E-state index is 12.4. The molecule has 18 heavy (non-hydrogen) atoms. The van der Waals surface area contributed by atoms with Crippen molar-refractivity contribution in [3.05, 3.63) is 22.8 Å². The number of morpholine rings is 1. The monoisotopic (exact) mass is 269 g/mol. The zero-order chi connectivity index (χ0) is 13.1. The number of aromatic nitrogens is 1. The molecule has 1 N–H and O–H groups in total. The molecule has 0 radical (unpaired) electrons. The Morgan fingerprint density at radius 2 is 2.39 bits per heavy atom. The fraction of sp³-hybridized carbons (Fsp3) is 0.500. The van der Waals surface area contributed by atoms with Gasteiger partial charge >= 0.3 is 0 Å². The number of pyridine rings is 1. The molecule has 5 nitrogen and oxygen atoms in total. The van der Waals surface area contributed by atoms with Crippen LogP contribution in [-0.4, -0.2) is 48.6 Å². The Morgan fingerprint density at radius 3 is 3.06 bits per heavy atom. The molecular weight excluding hydrogens is 254 g/mol. The Bertz CT molecular complexity index is 453. The van der Waals surface area contributed by atoms with E-state index in [4.69, 9.17) is 16.3 Å². The van der Waals surface area contributed by atoms with Crippen LogP contribution in [0.3, 0.4) is 0 Å². The van der Waals surface area contributed by atoms with Crippen molar-refractivity contribution in [2.75, 3.05) is 32.1 Å². The molecule has 1 saturated heterocycles. The summed E-state index contributed by atoms with van der Waals surface area (Å²) in [6.45, 7) is 3.73. The van der Waals surface area contributed by atoms with Crippen molar-refractivity contribution in [3.8, 4) is 0 Å². The van der Waals surface area contributed by atoms with Gasteiger partial charge in [-0.25, -0.2) is 4.98 Å². The molecule has 0 spiro atoms. The van der Waals surface area contributed by atoms with Crippen LogP contribution < -0.4 is 5.32 Å². The van der Waals surface area contributed by atoms with Gasteiger partial charge in [-0.05, 0) is 19.1 Å². The van der Waals surface area contributed by atoms with Gasteiger partial charge in [-0.2, -0.15) is 0 Å². The largest absolute Gasteiger partial charge is 0.377 e. The first-order valence-corrected chi connectivity index (χ1v) is 6.23. The number of anilines is 1. The number of hydrogen-bond acceptors (Lipinski definition) is 4. The van der Waals surface area contributed by atoms with E-state index >= 15 is 0 Å². The van der Waals surface area contributed by atoms with Crippen LogP contribution in [0.25, 0.3) is 0 Å². The van der Waals surface area contributed by atoms with E-state index in [0.29, 0.717) is 36.3 Å². The van der Waals surface area contributed by atoms with Crippen molar-refractivity contribution in [1.29, 1.82) is 0 Å². The van der Waals surface area contributed by atoms with Gasteiger partial charge in [-0.3, -0.25) is 4.79 Å². The van der Waals surface area contributed by atoms with Gasteiger partial charge in [-0.15, -0.1) is 0 Å². The highest BCUT2D eigenvalue weighted by Crippen LogP contribution is 2.18. The number of nitrogens with zero attached hydrogens (tertiary/aromatic N) is 2. The molecule has 6 heteroatoms. The predicted octanol–water partition coefficient (Wildman–Crippen LogP) is 1.64. The molecule has 2 heterocycles. The first-order chi connectivity index (χ1) is 8.61. The number of amides is 1. The number of ether oxygens (including phenoxy) is 1. The Labute approximate surface area is 111 Å². The summed E-state index contributed by atoms with van der Waals surface area (Å²) in [5.41, 5.74) is 0.549. The standard InChI is InChI=1S/C12H16ClN3O2/c1-8-7-18-4-3-16(8)12(17)9-5-10(13)15-11(6-9)14-2/h5-6,8H,3-4,7H2,1-2H3,(H,14,15). The maximum atomic E-state index is 12.4. The molecule has 1 aliphatic heterocycles. The van der Waals surface area contributed by atoms with E-state index in [1.807, 2.05) is 6.92 Å². The minimum Gasteiger partial charge on any atom is -0.377 e. The maximum Gasteiger partial charge on any atom is 0.254 e. The molecule has 98 valence electrons. The third-order valence-corrected chi connectivity index (χ3v) is 3.12. The summed E-state index contributed by atoms with van der Waals surface area (Å²) in [7, 11) is 1.74. The normalized spacial score (nSPS) is 19.7. The number of carbonyl (C=O) groups excluding carboxylic acids is 1. The van der Waals surface area contributed by atoms with Gasteiger partial charge in [0.1, 0.15) is 11.0 Å². The topological polar surface area (TPSA) is 54.5 Å². The first-order valence-electron chi connectivity index (χ1n) is 5.86. The minimum absolute atomic E-state index is 0.0356. The number of halogens is 1. The molecule has 1 aromatic rings. The van der Waals surface area contributed by atoms with Crippen LogP contribution in [0.4, 0.5) is 5.82 Å². The average Bonchev–Trinajstić information content (AvgIpc) is 2.37. The summed E-state index contributed by atoms with van der Waals surface area (Å²) in [6.07, 6.45) is 0. The lowest BCUT2D eigenvalue weighted by Crippen LogP contribution is -2.47. The van der Waals surface area contributed by atoms with Crippen LogP contribution in [0.15, 0.2) is 12.1 Å². The second-order valence-corrected chi connectivity index (χ2v) is 4.62. The lowest BCUT2D eigenvalue weighted by molar-refractivity contribution is 0.00359. The SMILES string of the molecule is CNc1cc(C(=O)N2CCOCC2C)cc(Cl)n1.